The van der Waals surface area contributed by atoms with Gasteiger partial charge in [-0.05, 0) is 175 Å². The normalized spacial score (nSPS) is 15.5. The van der Waals surface area contributed by atoms with Gasteiger partial charge in [-0.1, -0.05) is 458 Å². The predicted octanol–water partition coefficient (Wildman–Crippen LogP) is 37.5. The van der Waals surface area contributed by atoms with E-state index in [0.29, 0.717) is 0 Å². The number of benzene rings is 16. The Kier molecular flexibility index (Phi) is 32.3. The van der Waals surface area contributed by atoms with Crippen LogP contribution in [0.4, 0.5) is 45.5 Å². The highest BCUT2D eigenvalue weighted by Crippen LogP contribution is 2.61. The summed E-state index contributed by atoms with van der Waals surface area (Å²) in [7, 11) is 8.91. The Hall–Kier alpha value is -11.2. The van der Waals surface area contributed by atoms with E-state index in [1.165, 1.54) is 176 Å². The van der Waals surface area contributed by atoms with Crippen LogP contribution in [0.3, 0.4) is 0 Å². The quantitative estimate of drug-likeness (QED) is 0.150. The van der Waals surface area contributed by atoms with Gasteiger partial charge < -0.3 is 19.6 Å². The van der Waals surface area contributed by atoms with E-state index in [9.17, 15) is 0 Å². The highest BCUT2D eigenvalue weighted by atomic mass is 15.1. The van der Waals surface area contributed by atoms with Gasteiger partial charge >= 0.3 is 0 Å². The molecule has 0 aliphatic carbocycles. The summed E-state index contributed by atoms with van der Waals surface area (Å²) in [4.78, 5) is 9.66. The first-order chi connectivity index (χ1) is 61.3. The van der Waals surface area contributed by atoms with Crippen LogP contribution in [0.1, 0.15) is 266 Å². The van der Waals surface area contributed by atoms with E-state index in [1.54, 1.807) is 0 Å². The van der Waals surface area contributed by atoms with Crippen LogP contribution in [0.5, 0.6) is 0 Å². The highest BCUT2D eigenvalue weighted by Gasteiger charge is 2.51. The van der Waals surface area contributed by atoms with Crippen molar-refractivity contribution in [1.29, 1.82) is 0 Å². The van der Waals surface area contributed by atoms with Crippen LogP contribution in [-0.4, -0.2) is 28.2 Å². The van der Waals surface area contributed by atoms with E-state index in [2.05, 4.69) is 450 Å². The van der Waals surface area contributed by atoms with E-state index in [1.807, 2.05) is 111 Å². The Labute approximate surface area is 774 Å². The minimum absolute atomic E-state index is 0.0195. The fourth-order valence-corrected chi connectivity index (χ4v) is 20.0. The molecule has 16 aromatic carbocycles. The largest absolute Gasteiger partial charge is 0.344 e. The van der Waals surface area contributed by atoms with Crippen molar-refractivity contribution in [3.8, 4) is 0 Å². The lowest BCUT2D eigenvalue weighted by atomic mass is 9.59. The number of nitrogens with zero attached hydrogens (tertiary/aromatic N) is 4. The molecular weight excluding hydrogens is 1550 g/mol. The van der Waals surface area contributed by atoms with Gasteiger partial charge in [-0.25, -0.2) is 0 Å². The third-order valence-corrected chi connectivity index (χ3v) is 29.4. The summed E-state index contributed by atoms with van der Waals surface area (Å²) in [6.07, 6.45) is 0. The fraction of sp³-hybridized carbons (Fsp3) is 0.355. The van der Waals surface area contributed by atoms with Gasteiger partial charge in [0.25, 0.3) is 0 Å². The standard InChI is InChI=1S/4C27H27N.8C2H6/c1-26(2)22-14-18-10-6-8-12-20(18)16-24(22)28(5)25-17-21-13-9-7-11-19(21)15-23(25)27(26,3)4;1-26(2)24-20-12-8-6-10-18(20)14-16-22(24)28(5)23-17-15-19-11-7-9-13-21(19)25(23)27(26,3)4;1-26(2)22-16-14-18-10-6-8-12-20(18)24(22)28(5)25-21-13-9-7-11-19(21)15-17-23(25)27(26,3)4;1-26(2)22-16-19-11-6-7-12-20(19)17-24(22)28(5)23-15-14-18-10-8-9-13-21(18)25(23)27(26,3)4;8*1-2/h4*6-17H,1-5H3;8*1-2H3. The number of fused-ring (bicyclic) bond motifs is 21. The van der Waals surface area contributed by atoms with E-state index < -0.39 is 0 Å². The molecule has 0 fully saturated rings. The lowest BCUT2D eigenvalue weighted by molar-refractivity contribution is 0.307. The maximum absolute atomic E-state index is 2.45. The number of anilines is 8. The molecule has 0 amide bonds. The van der Waals surface area contributed by atoms with E-state index in [0.717, 1.165) is 0 Å². The number of rotatable bonds is 0. The Morgan fingerprint density at radius 1 is 0.148 bits per heavy atom. The fourth-order valence-electron chi connectivity index (χ4n) is 20.0. The van der Waals surface area contributed by atoms with Crippen LogP contribution in [0.2, 0.25) is 0 Å². The van der Waals surface area contributed by atoms with Crippen molar-refractivity contribution in [2.75, 3.05) is 47.8 Å². The van der Waals surface area contributed by atoms with Gasteiger partial charge in [-0.3, -0.25) is 0 Å². The van der Waals surface area contributed by atoms with Crippen molar-refractivity contribution in [3.63, 3.8) is 0 Å². The molecule has 672 valence electrons. The third-order valence-electron chi connectivity index (χ3n) is 29.4. The summed E-state index contributed by atoms with van der Waals surface area (Å²) in [5.74, 6) is 0. The van der Waals surface area contributed by atoms with Crippen molar-refractivity contribution >= 4 is 132 Å². The average molecular weight is 1700 g/mol. The van der Waals surface area contributed by atoms with Gasteiger partial charge in [0, 0.05) is 116 Å². The maximum Gasteiger partial charge on any atom is 0.0526 e. The average Bonchev–Trinajstić information content (AvgIpc) is 1.58. The van der Waals surface area contributed by atoms with Crippen molar-refractivity contribution in [2.45, 2.75) is 265 Å². The molecule has 0 unspecified atom stereocenters. The minimum atomic E-state index is -0.0488. The summed E-state index contributed by atoms with van der Waals surface area (Å²) in [6, 6.07) is 107. The topological polar surface area (TPSA) is 13.0 Å². The number of hydrogen-bond donors (Lipinski definition) is 0. The van der Waals surface area contributed by atoms with E-state index in [4.69, 9.17) is 0 Å². The van der Waals surface area contributed by atoms with Crippen LogP contribution in [0, 0.1) is 0 Å². The summed E-state index contributed by atoms with van der Waals surface area (Å²) in [5.41, 5.74) is 21.7. The molecule has 20 rings (SSSR count). The van der Waals surface area contributed by atoms with Crippen LogP contribution in [-0.2, 0) is 43.3 Å². The van der Waals surface area contributed by atoms with Gasteiger partial charge in [0.1, 0.15) is 0 Å². The second-order valence-electron chi connectivity index (χ2n) is 36.8. The molecule has 4 aliphatic heterocycles. The zero-order chi connectivity index (χ0) is 94.7. The first-order valence-electron chi connectivity index (χ1n) is 48.5. The smallest absolute Gasteiger partial charge is 0.0526 e. The van der Waals surface area contributed by atoms with Crippen molar-refractivity contribution in [3.05, 3.63) is 336 Å². The van der Waals surface area contributed by atoms with E-state index >= 15 is 0 Å². The lowest BCUT2D eigenvalue weighted by Gasteiger charge is -2.43. The minimum Gasteiger partial charge on any atom is -0.344 e. The lowest BCUT2D eigenvalue weighted by Crippen LogP contribution is -2.40. The molecule has 4 heterocycles. The van der Waals surface area contributed by atoms with Gasteiger partial charge in [-0.2, -0.15) is 0 Å². The zero-order valence-corrected chi connectivity index (χ0v) is 85.5. The molecule has 0 spiro atoms. The molecular formula is C124H156N4. The third kappa shape index (κ3) is 17.2. The van der Waals surface area contributed by atoms with Gasteiger partial charge in [0.15, 0.2) is 0 Å². The second-order valence-corrected chi connectivity index (χ2v) is 36.8. The van der Waals surface area contributed by atoms with Gasteiger partial charge in [0.05, 0.1) is 11.4 Å². The maximum atomic E-state index is 2.45. The molecule has 16 aromatic rings. The molecule has 0 saturated heterocycles. The second kappa shape index (κ2) is 41.1. The van der Waals surface area contributed by atoms with Crippen molar-refractivity contribution < 1.29 is 0 Å². The molecule has 4 heteroatoms. The molecule has 0 aromatic heterocycles. The Balaban J connectivity index is 0.000000183. The summed E-state index contributed by atoms with van der Waals surface area (Å²) >= 11 is 0. The first kappa shape index (κ1) is 101. The van der Waals surface area contributed by atoms with Crippen LogP contribution in [0.25, 0.3) is 86.2 Å². The first-order valence-corrected chi connectivity index (χ1v) is 48.5. The molecule has 0 bridgehead atoms. The van der Waals surface area contributed by atoms with Crippen LogP contribution >= 0.6 is 0 Å². The molecule has 0 N–H and O–H groups in total. The monoisotopic (exact) mass is 1700 g/mol. The SMILES string of the molecule is CC.CC.CC.CC.CC.CC.CC.CC.CN1c2c(ccc3ccccc23)C(C)(C)C(C)(C)c2ccc3ccccc3c21.CN1c2cc3ccccc3cc2C(C)(C)C(C)(C)c2c1ccc1ccccc21.CN1c2cc3ccccc3cc2C(C)(C)C(C)(C)c2cc3ccccc3cc21.CN1c2ccc3ccccc3c2C(C)(C)C(C)(C)c2c1ccc1ccccc21. The number of hydrogen-bond acceptors (Lipinski definition) is 4. The molecule has 0 saturated carbocycles. The molecule has 4 aliphatic rings. The molecule has 4 nitrogen and oxygen atoms in total. The summed E-state index contributed by atoms with van der Waals surface area (Å²) in [5, 5.41) is 21.1. The van der Waals surface area contributed by atoms with Crippen LogP contribution < -0.4 is 19.6 Å². The van der Waals surface area contributed by atoms with Gasteiger partial charge in [-0.15, -0.1) is 0 Å². The summed E-state index contributed by atoms with van der Waals surface area (Å²) < 4.78 is 0. The van der Waals surface area contributed by atoms with Gasteiger partial charge in [0.2, 0.25) is 0 Å². The van der Waals surface area contributed by atoms with Crippen LogP contribution in [0.15, 0.2) is 291 Å². The van der Waals surface area contributed by atoms with E-state index in [-0.39, 0.29) is 43.3 Å². The predicted molar refractivity (Wildman–Crippen MR) is 579 cm³/mol. The highest BCUT2D eigenvalue weighted by molar-refractivity contribution is 6.06. The molecule has 128 heavy (non-hydrogen) atoms. The zero-order valence-electron chi connectivity index (χ0n) is 85.5. The van der Waals surface area contributed by atoms with Crippen molar-refractivity contribution in [2.24, 2.45) is 0 Å². The summed E-state index contributed by atoms with van der Waals surface area (Å²) in [6.45, 7) is 70.5. The Morgan fingerprint density at radius 3 is 0.578 bits per heavy atom. The molecule has 0 atom stereocenters. The Morgan fingerprint density at radius 2 is 0.320 bits per heavy atom. The molecule has 0 radical (unpaired) electrons. The Bertz CT molecular complexity index is 6120. The van der Waals surface area contributed by atoms with Crippen molar-refractivity contribution in [1.82, 2.24) is 0 Å².